The number of allylic oxidation sites excluding steroid dienone is 2. The quantitative estimate of drug-likeness (QED) is 0.773. The summed E-state index contributed by atoms with van der Waals surface area (Å²) >= 11 is 0. The summed E-state index contributed by atoms with van der Waals surface area (Å²) in [7, 11) is 3.30. The first-order chi connectivity index (χ1) is 7.11. The highest BCUT2D eigenvalue weighted by Gasteiger charge is 2.24. The fourth-order valence-corrected chi connectivity index (χ4v) is 1.77. The molecule has 0 fully saturated rings. The van der Waals surface area contributed by atoms with Crippen LogP contribution in [0, 0.1) is 5.92 Å². The van der Waals surface area contributed by atoms with Crippen LogP contribution in [0.5, 0.6) is 0 Å². The Bertz CT molecular complexity index is 313. The lowest BCUT2D eigenvalue weighted by atomic mass is 9.84. The molecule has 3 heteroatoms. The summed E-state index contributed by atoms with van der Waals surface area (Å²) < 4.78 is 10.3. The maximum atomic E-state index is 9.68. The van der Waals surface area contributed by atoms with Gasteiger partial charge in [0.05, 0.1) is 13.2 Å². The summed E-state index contributed by atoms with van der Waals surface area (Å²) in [5.74, 6) is 0.394. The van der Waals surface area contributed by atoms with Gasteiger partial charge in [-0.1, -0.05) is 6.58 Å². The van der Waals surface area contributed by atoms with Crippen LogP contribution in [0.3, 0.4) is 0 Å². The lowest BCUT2D eigenvalue weighted by Crippen LogP contribution is -2.21. The van der Waals surface area contributed by atoms with Crippen LogP contribution in [0.15, 0.2) is 35.1 Å². The fourth-order valence-electron chi connectivity index (χ4n) is 1.77. The Morgan fingerprint density at radius 1 is 1.40 bits per heavy atom. The molecule has 1 unspecified atom stereocenters. The van der Waals surface area contributed by atoms with E-state index in [9.17, 15) is 5.11 Å². The molecule has 0 amide bonds. The second-order valence-corrected chi connectivity index (χ2v) is 3.70. The molecule has 0 aliphatic heterocycles. The Kier molecular flexibility index (Phi) is 4.12. The molecule has 0 saturated carbocycles. The molecule has 0 spiro atoms. The van der Waals surface area contributed by atoms with Crippen LogP contribution in [-0.4, -0.2) is 32.5 Å². The minimum absolute atomic E-state index is 0.117. The summed E-state index contributed by atoms with van der Waals surface area (Å²) in [6.07, 6.45) is 1.69. The Balaban J connectivity index is 3.01. The van der Waals surface area contributed by atoms with E-state index in [2.05, 4.69) is 6.58 Å². The molecule has 0 aromatic carbocycles. The lowest BCUT2D eigenvalue weighted by Gasteiger charge is -2.26. The number of hydrogen-bond acceptors (Lipinski definition) is 3. The second-order valence-electron chi connectivity index (χ2n) is 3.70. The van der Waals surface area contributed by atoms with Crippen molar-refractivity contribution >= 4 is 0 Å². The largest absolute Gasteiger partial charge is 0.508 e. The topological polar surface area (TPSA) is 38.7 Å². The minimum Gasteiger partial charge on any atom is -0.508 e. The van der Waals surface area contributed by atoms with E-state index in [0.717, 1.165) is 16.7 Å². The SMILES string of the molecule is C=C1C=C(O)C(C)=C(COC)C1COC. The molecule has 3 nitrogen and oxygen atoms in total. The van der Waals surface area contributed by atoms with Gasteiger partial charge in [-0.3, -0.25) is 0 Å². The Morgan fingerprint density at radius 3 is 2.60 bits per heavy atom. The third kappa shape index (κ3) is 2.49. The lowest BCUT2D eigenvalue weighted by molar-refractivity contribution is 0.160. The van der Waals surface area contributed by atoms with E-state index >= 15 is 0 Å². The molecule has 1 rings (SSSR count). The third-order valence-electron chi connectivity index (χ3n) is 2.69. The molecule has 1 aliphatic carbocycles. The molecule has 1 aliphatic rings. The number of hydrogen-bond donors (Lipinski definition) is 1. The van der Waals surface area contributed by atoms with E-state index < -0.39 is 0 Å². The van der Waals surface area contributed by atoms with Crippen molar-refractivity contribution in [2.75, 3.05) is 27.4 Å². The standard InChI is InChI=1S/C12H18O3/c1-8-5-12(13)9(2)11(7-15-4)10(8)6-14-3/h5,10,13H,1,6-7H2,2-4H3. The van der Waals surface area contributed by atoms with Crippen molar-refractivity contribution < 1.29 is 14.6 Å². The monoisotopic (exact) mass is 210 g/mol. The maximum absolute atomic E-state index is 9.68. The predicted molar refractivity (Wildman–Crippen MR) is 59.8 cm³/mol. The van der Waals surface area contributed by atoms with Crippen molar-refractivity contribution in [1.82, 2.24) is 0 Å². The molecule has 15 heavy (non-hydrogen) atoms. The van der Waals surface area contributed by atoms with Crippen LogP contribution < -0.4 is 0 Å². The first-order valence-corrected chi connectivity index (χ1v) is 4.89. The van der Waals surface area contributed by atoms with Gasteiger partial charge in [0.2, 0.25) is 0 Å². The summed E-state index contributed by atoms with van der Waals surface area (Å²) in [6, 6.07) is 0. The van der Waals surface area contributed by atoms with Gasteiger partial charge in [-0.15, -0.1) is 0 Å². The molecule has 84 valence electrons. The van der Waals surface area contributed by atoms with Crippen LogP contribution in [0.25, 0.3) is 0 Å². The highest BCUT2D eigenvalue weighted by atomic mass is 16.5. The molecule has 0 bridgehead atoms. The zero-order valence-electron chi connectivity index (χ0n) is 9.54. The van der Waals surface area contributed by atoms with Gasteiger partial charge in [0.15, 0.2) is 0 Å². The fraction of sp³-hybridized carbons (Fsp3) is 0.500. The van der Waals surface area contributed by atoms with Gasteiger partial charge in [-0.05, 0) is 29.7 Å². The Hall–Kier alpha value is -1.06. The van der Waals surface area contributed by atoms with Crippen molar-refractivity contribution in [1.29, 1.82) is 0 Å². The van der Waals surface area contributed by atoms with Gasteiger partial charge >= 0.3 is 0 Å². The van der Waals surface area contributed by atoms with Gasteiger partial charge in [0.1, 0.15) is 5.76 Å². The first-order valence-electron chi connectivity index (χ1n) is 4.89. The molecule has 0 aromatic heterocycles. The highest BCUT2D eigenvalue weighted by molar-refractivity contribution is 5.45. The molecular weight excluding hydrogens is 192 g/mol. The average Bonchev–Trinajstić information content (AvgIpc) is 2.20. The van der Waals surface area contributed by atoms with E-state index in [4.69, 9.17) is 9.47 Å². The third-order valence-corrected chi connectivity index (χ3v) is 2.69. The summed E-state index contributed by atoms with van der Waals surface area (Å²) in [4.78, 5) is 0. The first kappa shape index (κ1) is 12.0. The van der Waals surface area contributed by atoms with Crippen molar-refractivity contribution in [2.45, 2.75) is 6.92 Å². The van der Waals surface area contributed by atoms with Crippen LogP contribution in [0.1, 0.15) is 6.92 Å². The van der Waals surface area contributed by atoms with Gasteiger partial charge in [0, 0.05) is 20.1 Å². The number of rotatable bonds is 4. The van der Waals surface area contributed by atoms with Crippen molar-refractivity contribution in [3.63, 3.8) is 0 Å². The predicted octanol–water partition coefficient (Wildman–Crippen LogP) is 2.22. The second kappa shape index (κ2) is 5.14. The normalized spacial score (nSPS) is 21.9. The number of methoxy groups -OCH3 is 2. The number of aliphatic hydroxyl groups is 1. The van der Waals surface area contributed by atoms with E-state index in [1.807, 2.05) is 6.92 Å². The van der Waals surface area contributed by atoms with Crippen molar-refractivity contribution in [3.8, 4) is 0 Å². The van der Waals surface area contributed by atoms with Crippen LogP contribution >= 0.6 is 0 Å². The summed E-state index contributed by atoms with van der Waals surface area (Å²) in [6.45, 7) is 6.87. The van der Waals surface area contributed by atoms with E-state index in [1.165, 1.54) is 0 Å². The van der Waals surface area contributed by atoms with Crippen LogP contribution in [0.4, 0.5) is 0 Å². The average molecular weight is 210 g/mol. The van der Waals surface area contributed by atoms with Crippen LogP contribution in [-0.2, 0) is 9.47 Å². The zero-order chi connectivity index (χ0) is 11.4. The molecule has 0 radical (unpaired) electrons. The smallest absolute Gasteiger partial charge is 0.118 e. The molecule has 0 aromatic rings. The number of aliphatic hydroxyl groups excluding tert-OH is 1. The maximum Gasteiger partial charge on any atom is 0.118 e. The van der Waals surface area contributed by atoms with E-state index in [-0.39, 0.29) is 11.7 Å². The summed E-state index contributed by atoms with van der Waals surface area (Å²) in [5.41, 5.74) is 2.78. The number of ether oxygens (including phenoxy) is 2. The molecule has 0 heterocycles. The van der Waals surface area contributed by atoms with Crippen LogP contribution in [0.2, 0.25) is 0 Å². The van der Waals surface area contributed by atoms with Gasteiger partial charge < -0.3 is 14.6 Å². The van der Waals surface area contributed by atoms with Crippen molar-refractivity contribution in [3.05, 3.63) is 35.1 Å². The molecule has 1 atom stereocenters. The van der Waals surface area contributed by atoms with Gasteiger partial charge in [-0.2, -0.15) is 0 Å². The molecule has 1 N–H and O–H groups in total. The Morgan fingerprint density at radius 2 is 2.07 bits per heavy atom. The highest BCUT2D eigenvalue weighted by Crippen LogP contribution is 2.32. The minimum atomic E-state index is 0.117. The van der Waals surface area contributed by atoms with Gasteiger partial charge in [0.25, 0.3) is 0 Å². The summed E-state index contributed by atoms with van der Waals surface area (Å²) in [5, 5.41) is 9.68. The Labute approximate surface area is 90.7 Å². The zero-order valence-corrected chi connectivity index (χ0v) is 9.54. The molecular formula is C12H18O3. The van der Waals surface area contributed by atoms with Gasteiger partial charge in [-0.25, -0.2) is 0 Å². The van der Waals surface area contributed by atoms with Crippen molar-refractivity contribution in [2.24, 2.45) is 5.92 Å². The van der Waals surface area contributed by atoms with E-state index in [0.29, 0.717) is 13.2 Å². The molecule has 0 saturated heterocycles. The van der Waals surface area contributed by atoms with E-state index in [1.54, 1.807) is 20.3 Å².